The lowest BCUT2D eigenvalue weighted by Crippen LogP contribution is -2.19. The summed E-state index contributed by atoms with van der Waals surface area (Å²) >= 11 is 9.39. The van der Waals surface area contributed by atoms with Crippen LogP contribution in [0.1, 0.15) is 4.88 Å². The molecular weight excluding hydrogens is 222 g/mol. The molecule has 0 bridgehead atoms. The molecule has 0 spiro atoms. The van der Waals surface area contributed by atoms with Gasteiger partial charge in [-0.1, -0.05) is 11.6 Å². The van der Waals surface area contributed by atoms with E-state index in [-0.39, 0.29) is 0 Å². The lowest BCUT2D eigenvalue weighted by Gasteiger charge is -2.14. The Morgan fingerprint density at radius 2 is 2.31 bits per heavy atom. The van der Waals surface area contributed by atoms with Gasteiger partial charge in [0.1, 0.15) is 0 Å². The number of thiophene rings is 1. The van der Waals surface area contributed by atoms with E-state index >= 15 is 0 Å². The second kappa shape index (κ2) is 5.91. The quantitative estimate of drug-likeness (QED) is 0.771. The SMILES string of the molecule is CSCCN(C)Cc1ccc(Cl)s1. The van der Waals surface area contributed by atoms with Gasteiger partial charge in [0.05, 0.1) is 4.34 Å². The van der Waals surface area contributed by atoms with Gasteiger partial charge in [0.2, 0.25) is 0 Å². The van der Waals surface area contributed by atoms with E-state index in [1.54, 1.807) is 11.3 Å². The molecule has 0 aliphatic carbocycles. The highest BCUT2D eigenvalue weighted by Gasteiger charge is 2.01. The molecule has 0 fully saturated rings. The number of halogens is 1. The zero-order valence-corrected chi connectivity index (χ0v) is 10.3. The van der Waals surface area contributed by atoms with E-state index in [0.29, 0.717) is 0 Å². The maximum Gasteiger partial charge on any atom is 0.0931 e. The first-order valence-electron chi connectivity index (χ1n) is 4.14. The fourth-order valence-corrected chi connectivity index (χ4v) is 2.69. The van der Waals surface area contributed by atoms with Crippen molar-refractivity contribution < 1.29 is 0 Å². The smallest absolute Gasteiger partial charge is 0.0931 e. The van der Waals surface area contributed by atoms with Gasteiger partial charge in [-0.25, -0.2) is 0 Å². The van der Waals surface area contributed by atoms with Crippen molar-refractivity contribution in [3.63, 3.8) is 0 Å². The first-order chi connectivity index (χ1) is 6.22. The third-order valence-corrected chi connectivity index (χ3v) is 3.54. The van der Waals surface area contributed by atoms with Crippen molar-refractivity contribution in [3.05, 3.63) is 21.3 Å². The molecule has 0 aromatic carbocycles. The molecule has 0 atom stereocenters. The van der Waals surface area contributed by atoms with Gasteiger partial charge >= 0.3 is 0 Å². The fourth-order valence-electron chi connectivity index (χ4n) is 1.03. The van der Waals surface area contributed by atoms with E-state index in [0.717, 1.165) is 17.4 Å². The minimum atomic E-state index is 0.883. The van der Waals surface area contributed by atoms with Gasteiger partial charge in [-0.2, -0.15) is 11.8 Å². The molecule has 0 aliphatic heterocycles. The third kappa shape index (κ3) is 4.36. The first kappa shape index (κ1) is 11.4. The summed E-state index contributed by atoms with van der Waals surface area (Å²) in [6, 6.07) is 4.06. The molecule has 0 radical (unpaired) electrons. The lowest BCUT2D eigenvalue weighted by atomic mass is 10.4. The van der Waals surface area contributed by atoms with Crippen LogP contribution in [0.2, 0.25) is 4.34 Å². The van der Waals surface area contributed by atoms with Crippen LogP contribution in [-0.4, -0.2) is 30.5 Å². The Morgan fingerprint density at radius 1 is 1.54 bits per heavy atom. The van der Waals surface area contributed by atoms with E-state index in [4.69, 9.17) is 11.6 Å². The number of nitrogens with zero attached hydrogens (tertiary/aromatic N) is 1. The second-order valence-corrected chi connectivity index (χ2v) is 5.72. The van der Waals surface area contributed by atoms with Crippen molar-refractivity contribution in [2.24, 2.45) is 0 Å². The van der Waals surface area contributed by atoms with Gasteiger partial charge in [0.15, 0.2) is 0 Å². The van der Waals surface area contributed by atoms with Crippen molar-refractivity contribution in [1.29, 1.82) is 0 Å². The number of rotatable bonds is 5. The summed E-state index contributed by atoms with van der Waals surface area (Å²) in [6.45, 7) is 2.15. The highest BCUT2D eigenvalue weighted by Crippen LogP contribution is 2.22. The highest BCUT2D eigenvalue weighted by atomic mass is 35.5. The van der Waals surface area contributed by atoms with Crippen LogP contribution in [0.5, 0.6) is 0 Å². The van der Waals surface area contributed by atoms with Crippen LogP contribution in [0, 0.1) is 0 Å². The van der Waals surface area contributed by atoms with Crippen molar-refractivity contribution in [3.8, 4) is 0 Å². The molecule has 4 heteroatoms. The Morgan fingerprint density at radius 3 is 2.85 bits per heavy atom. The average Bonchev–Trinajstić information content (AvgIpc) is 2.48. The summed E-state index contributed by atoms with van der Waals surface area (Å²) in [7, 11) is 2.14. The molecule has 1 nitrogen and oxygen atoms in total. The summed E-state index contributed by atoms with van der Waals surface area (Å²) < 4.78 is 0.883. The molecule has 1 aromatic heterocycles. The molecule has 1 rings (SSSR count). The van der Waals surface area contributed by atoms with Gasteiger partial charge < -0.3 is 4.90 Å². The Balaban J connectivity index is 2.31. The molecule has 0 amide bonds. The van der Waals surface area contributed by atoms with Crippen molar-refractivity contribution in [2.75, 3.05) is 25.6 Å². The Labute approximate surface area is 93.1 Å². The average molecular weight is 236 g/mol. The monoisotopic (exact) mass is 235 g/mol. The van der Waals surface area contributed by atoms with Crippen LogP contribution < -0.4 is 0 Å². The van der Waals surface area contributed by atoms with Gasteiger partial charge in [0, 0.05) is 23.7 Å². The number of hydrogen-bond donors (Lipinski definition) is 0. The van der Waals surface area contributed by atoms with Crippen LogP contribution in [0.3, 0.4) is 0 Å². The predicted molar refractivity (Wildman–Crippen MR) is 64.0 cm³/mol. The van der Waals surface area contributed by atoms with Crippen LogP contribution in [0.25, 0.3) is 0 Å². The summed E-state index contributed by atoms with van der Waals surface area (Å²) in [5.41, 5.74) is 0. The Bertz CT molecular complexity index is 250. The highest BCUT2D eigenvalue weighted by molar-refractivity contribution is 7.98. The molecule has 0 N–H and O–H groups in total. The summed E-state index contributed by atoms with van der Waals surface area (Å²) in [4.78, 5) is 3.66. The summed E-state index contributed by atoms with van der Waals surface area (Å²) in [5.74, 6) is 1.19. The minimum Gasteiger partial charge on any atom is -0.300 e. The first-order valence-corrected chi connectivity index (χ1v) is 6.73. The van der Waals surface area contributed by atoms with Crippen molar-refractivity contribution >= 4 is 34.7 Å². The van der Waals surface area contributed by atoms with Crippen LogP contribution in [0.15, 0.2) is 12.1 Å². The molecule has 13 heavy (non-hydrogen) atoms. The van der Waals surface area contributed by atoms with Gasteiger partial charge in [-0.15, -0.1) is 11.3 Å². The van der Waals surface area contributed by atoms with Crippen LogP contribution in [-0.2, 0) is 6.54 Å². The van der Waals surface area contributed by atoms with E-state index in [2.05, 4.69) is 24.3 Å². The summed E-state index contributed by atoms with van der Waals surface area (Å²) in [6.07, 6.45) is 2.13. The van der Waals surface area contributed by atoms with Crippen molar-refractivity contribution in [2.45, 2.75) is 6.54 Å². The van der Waals surface area contributed by atoms with Crippen LogP contribution in [0.4, 0.5) is 0 Å². The summed E-state index contributed by atoms with van der Waals surface area (Å²) in [5, 5.41) is 0. The van der Waals surface area contributed by atoms with Gasteiger partial charge in [-0.3, -0.25) is 0 Å². The molecule has 74 valence electrons. The lowest BCUT2D eigenvalue weighted by molar-refractivity contribution is 0.352. The molecule has 0 unspecified atom stereocenters. The van der Waals surface area contributed by atoms with E-state index in [9.17, 15) is 0 Å². The van der Waals surface area contributed by atoms with E-state index in [1.807, 2.05) is 17.8 Å². The third-order valence-electron chi connectivity index (χ3n) is 1.73. The van der Waals surface area contributed by atoms with Gasteiger partial charge in [-0.05, 0) is 25.4 Å². The number of hydrogen-bond acceptors (Lipinski definition) is 3. The van der Waals surface area contributed by atoms with Crippen molar-refractivity contribution in [1.82, 2.24) is 4.90 Å². The topological polar surface area (TPSA) is 3.24 Å². The maximum atomic E-state index is 5.84. The standard InChI is InChI=1S/C9H14ClNS2/c1-11(5-6-12-2)7-8-3-4-9(10)13-8/h3-4H,5-7H2,1-2H3. The fraction of sp³-hybridized carbons (Fsp3) is 0.556. The molecule has 0 saturated heterocycles. The molecule has 1 aromatic rings. The maximum absolute atomic E-state index is 5.84. The molecule has 1 heterocycles. The largest absolute Gasteiger partial charge is 0.300 e. The minimum absolute atomic E-state index is 0.883. The molecular formula is C9H14ClNS2. The molecule has 0 saturated carbocycles. The zero-order chi connectivity index (χ0) is 9.68. The Kier molecular flexibility index (Phi) is 5.17. The Hall–Kier alpha value is 0.300. The van der Waals surface area contributed by atoms with E-state index < -0.39 is 0 Å². The van der Waals surface area contributed by atoms with Gasteiger partial charge in [0.25, 0.3) is 0 Å². The number of thioether (sulfide) groups is 1. The second-order valence-electron chi connectivity index (χ2n) is 2.94. The predicted octanol–water partition coefficient (Wildman–Crippen LogP) is 3.20. The van der Waals surface area contributed by atoms with E-state index in [1.165, 1.54) is 10.6 Å². The normalized spacial score (nSPS) is 11.1. The zero-order valence-electron chi connectivity index (χ0n) is 7.92. The van der Waals surface area contributed by atoms with Crippen LogP contribution >= 0.6 is 34.7 Å². The molecule has 0 aliphatic rings.